The van der Waals surface area contributed by atoms with E-state index in [0.717, 1.165) is 22.5 Å². The van der Waals surface area contributed by atoms with E-state index in [1.165, 1.54) is 0 Å². The van der Waals surface area contributed by atoms with E-state index in [2.05, 4.69) is 9.97 Å². The molecule has 0 fully saturated rings. The molecule has 1 N–H and O–H groups in total. The van der Waals surface area contributed by atoms with Crippen LogP contribution in [0.3, 0.4) is 0 Å². The van der Waals surface area contributed by atoms with E-state index in [1.807, 2.05) is 31.2 Å². The second-order valence-corrected chi connectivity index (χ2v) is 3.33. The van der Waals surface area contributed by atoms with Crippen LogP contribution in [0.2, 0.25) is 0 Å². The van der Waals surface area contributed by atoms with Gasteiger partial charge in [0.05, 0.1) is 6.61 Å². The lowest BCUT2D eigenvalue weighted by atomic mass is 10.0. The van der Waals surface area contributed by atoms with E-state index in [4.69, 9.17) is 0 Å². The molecule has 0 spiro atoms. The largest absolute Gasteiger partial charge is 0.392 e. The number of benzene rings is 1. The number of aryl methyl sites for hydroxylation is 1. The van der Waals surface area contributed by atoms with Gasteiger partial charge < -0.3 is 5.11 Å². The maximum absolute atomic E-state index is 9.19. The van der Waals surface area contributed by atoms with Crippen LogP contribution in [0.4, 0.5) is 0 Å². The number of aliphatic hydroxyl groups excluding tert-OH is 1. The summed E-state index contributed by atoms with van der Waals surface area (Å²) in [5.41, 5.74) is 2.82. The molecule has 3 heteroatoms. The molecule has 0 amide bonds. The smallest absolute Gasteiger partial charge is 0.125 e. The predicted octanol–water partition coefficient (Wildman–Crippen LogP) is 1.94. The summed E-state index contributed by atoms with van der Waals surface area (Å²) in [6.45, 7) is 1.88. The monoisotopic (exact) mass is 200 g/mol. The second kappa shape index (κ2) is 4.19. The molecule has 0 aliphatic carbocycles. The van der Waals surface area contributed by atoms with Gasteiger partial charge in [-0.25, -0.2) is 9.97 Å². The summed E-state index contributed by atoms with van der Waals surface area (Å²) in [5, 5.41) is 9.19. The summed E-state index contributed by atoms with van der Waals surface area (Å²) in [5.74, 6) is 0.750. The van der Waals surface area contributed by atoms with Crippen LogP contribution in [0.25, 0.3) is 11.1 Å². The number of aromatic nitrogens is 2. The fraction of sp³-hybridized carbons (Fsp3) is 0.167. The van der Waals surface area contributed by atoms with E-state index in [-0.39, 0.29) is 6.61 Å². The maximum Gasteiger partial charge on any atom is 0.125 e. The fourth-order valence-corrected chi connectivity index (χ4v) is 1.47. The van der Waals surface area contributed by atoms with E-state index in [9.17, 15) is 5.11 Å². The molecule has 0 saturated heterocycles. The summed E-state index contributed by atoms with van der Waals surface area (Å²) in [7, 11) is 0. The summed E-state index contributed by atoms with van der Waals surface area (Å²) >= 11 is 0. The van der Waals surface area contributed by atoms with Gasteiger partial charge in [-0.2, -0.15) is 0 Å². The minimum atomic E-state index is 0.0318. The van der Waals surface area contributed by atoms with Crippen molar-refractivity contribution in [2.45, 2.75) is 13.5 Å². The highest BCUT2D eigenvalue weighted by Crippen LogP contribution is 2.21. The Morgan fingerprint density at radius 3 is 2.47 bits per heavy atom. The third-order valence-electron chi connectivity index (χ3n) is 2.28. The van der Waals surface area contributed by atoms with Crippen molar-refractivity contribution in [3.8, 4) is 11.1 Å². The average molecular weight is 200 g/mol. The van der Waals surface area contributed by atoms with Crippen molar-refractivity contribution in [1.82, 2.24) is 9.97 Å². The van der Waals surface area contributed by atoms with E-state index in [0.29, 0.717) is 0 Å². The van der Waals surface area contributed by atoms with Crippen molar-refractivity contribution < 1.29 is 5.11 Å². The first kappa shape index (κ1) is 9.80. The van der Waals surface area contributed by atoms with Gasteiger partial charge in [-0.15, -0.1) is 0 Å². The Kier molecular flexibility index (Phi) is 2.74. The van der Waals surface area contributed by atoms with Crippen molar-refractivity contribution in [2.75, 3.05) is 0 Å². The van der Waals surface area contributed by atoms with Crippen LogP contribution in [-0.2, 0) is 6.61 Å². The van der Waals surface area contributed by atoms with E-state index >= 15 is 0 Å². The van der Waals surface area contributed by atoms with E-state index < -0.39 is 0 Å². The molecule has 76 valence electrons. The Balaban J connectivity index is 2.49. The lowest BCUT2D eigenvalue weighted by Gasteiger charge is -2.06. The first-order valence-corrected chi connectivity index (χ1v) is 4.79. The van der Waals surface area contributed by atoms with Gasteiger partial charge in [0.2, 0.25) is 0 Å². The highest BCUT2D eigenvalue weighted by Gasteiger charge is 2.03. The summed E-state index contributed by atoms with van der Waals surface area (Å²) in [4.78, 5) is 8.28. The van der Waals surface area contributed by atoms with Crippen LogP contribution in [0.5, 0.6) is 0 Å². The zero-order chi connectivity index (χ0) is 10.7. The van der Waals surface area contributed by atoms with Crippen molar-refractivity contribution in [3.63, 3.8) is 0 Å². The quantitative estimate of drug-likeness (QED) is 0.805. The normalized spacial score (nSPS) is 10.3. The molecule has 0 aliphatic heterocycles. The molecule has 0 aliphatic rings. The van der Waals surface area contributed by atoms with Crippen molar-refractivity contribution >= 4 is 0 Å². The Labute approximate surface area is 88.5 Å². The summed E-state index contributed by atoms with van der Waals surface area (Å²) < 4.78 is 0. The third-order valence-corrected chi connectivity index (χ3v) is 2.28. The van der Waals surface area contributed by atoms with Gasteiger partial charge in [0.1, 0.15) is 5.82 Å². The molecule has 1 aromatic heterocycles. The number of hydrogen-bond acceptors (Lipinski definition) is 3. The van der Waals surface area contributed by atoms with Gasteiger partial charge in [-0.3, -0.25) is 0 Å². The second-order valence-electron chi connectivity index (χ2n) is 3.33. The van der Waals surface area contributed by atoms with Crippen LogP contribution < -0.4 is 0 Å². The Morgan fingerprint density at radius 1 is 1.13 bits per heavy atom. The topological polar surface area (TPSA) is 46.0 Å². The van der Waals surface area contributed by atoms with Crippen LogP contribution in [-0.4, -0.2) is 15.1 Å². The molecule has 1 aromatic carbocycles. The average Bonchev–Trinajstić information content (AvgIpc) is 2.30. The van der Waals surface area contributed by atoms with Gasteiger partial charge in [-0.05, 0) is 18.1 Å². The highest BCUT2D eigenvalue weighted by atomic mass is 16.3. The van der Waals surface area contributed by atoms with Gasteiger partial charge in [0, 0.05) is 18.0 Å². The first-order valence-electron chi connectivity index (χ1n) is 4.79. The van der Waals surface area contributed by atoms with Crippen molar-refractivity contribution in [1.29, 1.82) is 0 Å². The van der Waals surface area contributed by atoms with Gasteiger partial charge in [-0.1, -0.05) is 24.3 Å². The van der Waals surface area contributed by atoms with Crippen LogP contribution in [0, 0.1) is 6.92 Å². The first-order chi connectivity index (χ1) is 7.31. The molecule has 0 saturated carbocycles. The van der Waals surface area contributed by atoms with Crippen LogP contribution in [0.15, 0.2) is 36.7 Å². The van der Waals surface area contributed by atoms with E-state index in [1.54, 1.807) is 12.4 Å². The molecule has 3 nitrogen and oxygen atoms in total. The Morgan fingerprint density at radius 2 is 1.80 bits per heavy atom. The fourth-order valence-electron chi connectivity index (χ4n) is 1.47. The molecule has 1 heterocycles. The number of nitrogens with zero attached hydrogens (tertiary/aromatic N) is 2. The summed E-state index contributed by atoms with van der Waals surface area (Å²) in [6, 6.07) is 7.70. The van der Waals surface area contributed by atoms with Gasteiger partial charge >= 0.3 is 0 Å². The number of hydrogen-bond donors (Lipinski definition) is 1. The van der Waals surface area contributed by atoms with Crippen molar-refractivity contribution in [2.24, 2.45) is 0 Å². The maximum atomic E-state index is 9.19. The van der Waals surface area contributed by atoms with Crippen LogP contribution >= 0.6 is 0 Å². The third kappa shape index (κ3) is 2.02. The predicted molar refractivity (Wildman–Crippen MR) is 58.1 cm³/mol. The molecule has 0 bridgehead atoms. The number of aliphatic hydroxyl groups is 1. The molecular weight excluding hydrogens is 188 g/mol. The van der Waals surface area contributed by atoms with Gasteiger partial charge in [0.25, 0.3) is 0 Å². The molecule has 0 atom stereocenters. The van der Waals surface area contributed by atoms with Crippen LogP contribution in [0.1, 0.15) is 11.4 Å². The molecule has 2 rings (SSSR count). The number of rotatable bonds is 2. The lowest BCUT2D eigenvalue weighted by Crippen LogP contribution is -1.92. The SMILES string of the molecule is Cc1ncc(-c2ccccc2CO)cn1. The lowest BCUT2D eigenvalue weighted by molar-refractivity contribution is 0.282. The minimum Gasteiger partial charge on any atom is -0.392 e. The zero-order valence-corrected chi connectivity index (χ0v) is 8.51. The van der Waals surface area contributed by atoms with Gasteiger partial charge in [0.15, 0.2) is 0 Å². The standard InChI is InChI=1S/C12H12N2O/c1-9-13-6-11(7-14-9)12-5-3-2-4-10(12)8-15/h2-7,15H,8H2,1H3. The molecule has 15 heavy (non-hydrogen) atoms. The molecular formula is C12H12N2O. The molecule has 0 unspecified atom stereocenters. The van der Waals surface area contributed by atoms with Crippen molar-refractivity contribution in [3.05, 3.63) is 48.0 Å². The molecule has 0 radical (unpaired) electrons. The minimum absolute atomic E-state index is 0.0318. The highest BCUT2D eigenvalue weighted by molar-refractivity contribution is 5.65. The zero-order valence-electron chi connectivity index (χ0n) is 8.51. The summed E-state index contributed by atoms with van der Waals surface area (Å²) in [6.07, 6.45) is 3.55. The Bertz CT molecular complexity index is 451. The molecule has 2 aromatic rings. The Hall–Kier alpha value is -1.74.